The highest BCUT2D eigenvalue weighted by atomic mass is 79.9. The zero-order chi connectivity index (χ0) is 21.7. The Morgan fingerprint density at radius 2 is 1.61 bits per heavy atom. The van der Waals surface area contributed by atoms with E-state index in [1.807, 2.05) is 18.2 Å². The van der Waals surface area contributed by atoms with Gasteiger partial charge >= 0.3 is 5.97 Å². The van der Waals surface area contributed by atoms with E-state index in [1.165, 1.54) is 4.90 Å². The van der Waals surface area contributed by atoms with Crippen LogP contribution in [0.3, 0.4) is 0 Å². The van der Waals surface area contributed by atoms with E-state index in [0.29, 0.717) is 40.7 Å². The number of aromatic nitrogens is 1. The van der Waals surface area contributed by atoms with E-state index >= 15 is 0 Å². The summed E-state index contributed by atoms with van der Waals surface area (Å²) in [6.45, 7) is 0. The number of halogens is 1. The number of carboxylic acid groups (broad SMARTS) is 1. The van der Waals surface area contributed by atoms with Crippen LogP contribution in [-0.4, -0.2) is 27.9 Å². The molecule has 154 valence electrons. The number of amides is 2. The van der Waals surface area contributed by atoms with Crippen molar-refractivity contribution < 1.29 is 19.5 Å². The maximum Gasteiger partial charge on any atom is 0.336 e. The largest absolute Gasteiger partial charge is 0.478 e. The highest BCUT2D eigenvalue weighted by Crippen LogP contribution is 2.38. The van der Waals surface area contributed by atoms with Crippen molar-refractivity contribution in [3.05, 3.63) is 70.7 Å². The van der Waals surface area contributed by atoms with Gasteiger partial charge in [-0.15, -0.1) is 0 Å². The summed E-state index contributed by atoms with van der Waals surface area (Å²) in [5.41, 5.74) is 2.47. The predicted molar refractivity (Wildman–Crippen MR) is 120 cm³/mol. The monoisotopic (exact) mass is 476 g/mol. The number of carbonyl (C=O) groups excluding carboxylic acids is 2. The van der Waals surface area contributed by atoms with Crippen molar-refractivity contribution in [2.75, 3.05) is 4.90 Å². The third kappa shape index (κ3) is 3.25. The Balaban J connectivity index is 1.52. The second-order valence-electron chi connectivity index (χ2n) is 7.74. The summed E-state index contributed by atoms with van der Waals surface area (Å²) < 4.78 is 0.775. The average Bonchev–Trinajstić information content (AvgIpc) is 3.03. The number of allylic oxidation sites excluding steroid dienone is 2. The number of fused-ring (bicyclic) bond motifs is 2. The number of carbonyl (C=O) groups is 3. The number of aromatic carboxylic acids is 1. The first-order valence-electron chi connectivity index (χ1n) is 9.91. The van der Waals surface area contributed by atoms with Crippen LogP contribution in [0.1, 0.15) is 23.2 Å². The van der Waals surface area contributed by atoms with E-state index in [9.17, 15) is 19.5 Å². The topological polar surface area (TPSA) is 87.6 Å². The molecule has 0 radical (unpaired) electrons. The molecule has 7 heteroatoms. The van der Waals surface area contributed by atoms with Crippen LogP contribution in [0.5, 0.6) is 0 Å². The summed E-state index contributed by atoms with van der Waals surface area (Å²) in [5.74, 6) is -1.91. The zero-order valence-corrected chi connectivity index (χ0v) is 17.9. The van der Waals surface area contributed by atoms with Gasteiger partial charge in [-0.25, -0.2) is 9.78 Å². The molecule has 1 fully saturated rings. The summed E-state index contributed by atoms with van der Waals surface area (Å²) in [6.07, 6.45) is 5.11. The van der Waals surface area contributed by atoms with Gasteiger partial charge < -0.3 is 5.11 Å². The molecule has 31 heavy (non-hydrogen) atoms. The number of hydrogen-bond donors (Lipinski definition) is 1. The number of hydrogen-bond acceptors (Lipinski definition) is 4. The molecule has 0 spiro atoms. The van der Waals surface area contributed by atoms with E-state index in [2.05, 4.69) is 20.9 Å². The molecule has 2 heterocycles. The molecule has 1 aliphatic heterocycles. The molecule has 2 amide bonds. The number of benzene rings is 2. The quantitative estimate of drug-likeness (QED) is 0.432. The number of carboxylic acids is 1. The highest BCUT2D eigenvalue weighted by molar-refractivity contribution is 9.10. The maximum atomic E-state index is 12.8. The molecule has 1 aliphatic carbocycles. The van der Waals surface area contributed by atoms with Crippen molar-refractivity contribution in [1.29, 1.82) is 0 Å². The first-order valence-corrected chi connectivity index (χ1v) is 10.7. The number of anilines is 1. The smallest absolute Gasteiger partial charge is 0.336 e. The van der Waals surface area contributed by atoms with Gasteiger partial charge in [-0.2, -0.15) is 0 Å². The lowest BCUT2D eigenvalue weighted by Gasteiger charge is -2.15. The lowest BCUT2D eigenvalue weighted by Crippen LogP contribution is -2.30. The molecular formula is C24H17BrN2O4. The molecule has 0 bridgehead atoms. The molecule has 0 unspecified atom stereocenters. The molecular weight excluding hydrogens is 460 g/mol. The molecule has 1 N–H and O–H groups in total. The van der Waals surface area contributed by atoms with Gasteiger partial charge in [0.2, 0.25) is 11.8 Å². The van der Waals surface area contributed by atoms with E-state index in [4.69, 9.17) is 0 Å². The summed E-state index contributed by atoms with van der Waals surface area (Å²) in [5, 5.41) is 10.2. The Morgan fingerprint density at radius 1 is 0.968 bits per heavy atom. The molecule has 1 saturated heterocycles. The number of nitrogens with zero attached hydrogens (tertiary/aromatic N) is 2. The third-order valence-electron chi connectivity index (χ3n) is 5.93. The van der Waals surface area contributed by atoms with Crippen molar-refractivity contribution in [3.63, 3.8) is 0 Å². The average molecular weight is 477 g/mol. The van der Waals surface area contributed by atoms with Gasteiger partial charge in [0.25, 0.3) is 0 Å². The van der Waals surface area contributed by atoms with Gasteiger partial charge in [-0.3, -0.25) is 14.5 Å². The van der Waals surface area contributed by atoms with Crippen LogP contribution in [0.4, 0.5) is 5.69 Å². The Hall–Kier alpha value is -3.32. The molecule has 2 atom stereocenters. The van der Waals surface area contributed by atoms with Crippen molar-refractivity contribution >= 4 is 50.3 Å². The van der Waals surface area contributed by atoms with Crippen LogP contribution in [-0.2, 0) is 9.59 Å². The second-order valence-corrected chi connectivity index (χ2v) is 8.65. The van der Waals surface area contributed by atoms with E-state index in [1.54, 1.807) is 42.5 Å². The van der Waals surface area contributed by atoms with Crippen LogP contribution in [0, 0.1) is 11.8 Å². The van der Waals surface area contributed by atoms with Gasteiger partial charge in [0.1, 0.15) is 0 Å². The third-order valence-corrected chi connectivity index (χ3v) is 6.42. The minimum atomic E-state index is -1.03. The SMILES string of the molecule is O=C(O)c1cc(-c2ccc(N3C(=O)[C@@H]4CC=CC[C@H]4C3=O)cc2)nc2ccc(Br)cc12. The van der Waals surface area contributed by atoms with Crippen LogP contribution >= 0.6 is 15.9 Å². The van der Waals surface area contributed by atoms with E-state index < -0.39 is 5.97 Å². The van der Waals surface area contributed by atoms with Gasteiger partial charge in [0, 0.05) is 15.4 Å². The number of rotatable bonds is 3. The fourth-order valence-electron chi connectivity index (χ4n) is 4.36. The van der Waals surface area contributed by atoms with Gasteiger partial charge in [-0.1, -0.05) is 40.2 Å². The van der Waals surface area contributed by atoms with Crippen LogP contribution < -0.4 is 4.90 Å². The summed E-state index contributed by atoms with van der Waals surface area (Å²) >= 11 is 3.37. The fraction of sp³-hybridized carbons (Fsp3) is 0.167. The number of imide groups is 1. The molecule has 3 aromatic rings. The van der Waals surface area contributed by atoms with Crippen LogP contribution in [0.15, 0.2) is 65.2 Å². The Bertz CT molecular complexity index is 1260. The number of pyridine rings is 1. The summed E-state index contributed by atoms with van der Waals surface area (Å²) in [7, 11) is 0. The van der Waals surface area contributed by atoms with Crippen LogP contribution in [0.2, 0.25) is 0 Å². The van der Waals surface area contributed by atoms with Gasteiger partial charge in [0.15, 0.2) is 0 Å². The van der Waals surface area contributed by atoms with Gasteiger partial charge in [0.05, 0.1) is 34.3 Å². The molecule has 6 nitrogen and oxygen atoms in total. The standard InChI is InChI=1S/C24H17BrN2O4/c25-14-7-10-20-18(11-14)19(24(30)31)12-21(26-20)13-5-8-15(9-6-13)27-22(28)16-3-1-2-4-17(16)23(27)29/h1-2,5-12,16-17H,3-4H2,(H,30,31)/t16-,17-/m1/s1. The minimum absolute atomic E-state index is 0.158. The fourth-order valence-corrected chi connectivity index (χ4v) is 4.72. The van der Waals surface area contributed by atoms with Crippen LogP contribution in [0.25, 0.3) is 22.2 Å². The van der Waals surface area contributed by atoms with Crippen molar-refractivity contribution in [3.8, 4) is 11.3 Å². The lowest BCUT2D eigenvalue weighted by molar-refractivity contribution is -0.122. The Labute approximate surface area is 186 Å². The minimum Gasteiger partial charge on any atom is -0.478 e. The molecule has 1 aromatic heterocycles. The molecule has 2 aromatic carbocycles. The Morgan fingerprint density at radius 3 is 2.23 bits per heavy atom. The van der Waals surface area contributed by atoms with Crippen molar-refractivity contribution in [1.82, 2.24) is 4.98 Å². The zero-order valence-electron chi connectivity index (χ0n) is 16.3. The highest BCUT2D eigenvalue weighted by Gasteiger charge is 2.47. The van der Waals surface area contributed by atoms with Crippen molar-refractivity contribution in [2.24, 2.45) is 11.8 Å². The summed E-state index contributed by atoms with van der Waals surface area (Å²) in [6, 6.07) is 13.8. The summed E-state index contributed by atoms with van der Waals surface area (Å²) in [4.78, 5) is 43.3. The normalized spacial score (nSPS) is 20.4. The van der Waals surface area contributed by atoms with E-state index in [-0.39, 0.29) is 29.2 Å². The first kappa shape index (κ1) is 19.6. The molecule has 5 rings (SSSR count). The predicted octanol–water partition coefficient (Wildman–Crippen LogP) is 4.82. The first-order chi connectivity index (χ1) is 14.9. The lowest BCUT2D eigenvalue weighted by atomic mass is 9.85. The molecule has 0 saturated carbocycles. The van der Waals surface area contributed by atoms with Crippen molar-refractivity contribution in [2.45, 2.75) is 12.8 Å². The van der Waals surface area contributed by atoms with E-state index in [0.717, 1.165) is 4.47 Å². The Kier molecular flexibility index (Phi) is 4.70. The molecule has 2 aliphatic rings. The second kappa shape index (κ2) is 7.42. The maximum absolute atomic E-state index is 12.8. The van der Waals surface area contributed by atoms with Gasteiger partial charge in [-0.05, 0) is 49.2 Å².